The van der Waals surface area contributed by atoms with Gasteiger partial charge in [-0.2, -0.15) is 9.30 Å². The number of piperazine rings is 1. The number of hydrogen-bond donors (Lipinski definition) is 0. The predicted octanol–water partition coefficient (Wildman–Crippen LogP) is 2.35. The number of nitrogens with zero attached hydrogens (tertiary/aromatic N) is 4. The third-order valence-corrected chi connectivity index (χ3v) is 10.5. The van der Waals surface area contributed by atoms with Crippen LogP contribution in [-0.2, 0) is 35.9 Å². The average Bonchev–Trinajstić information content (AvgIpc) is 3.29. The van der Waals surface area contributed by atoms with Crippen molar-refractivity contribution in [3.8, 4) is 0 Å². The van der Waals surface area contributed by atoms with E-state index >= 15 is 0 Å². The Morgan fingerprint density at radius 2 is 1.59 bits per heavy atom. The van der Waals surface area contributed by atoms with E-state index < -0.39 is 31.9 Å². The molecule has 41 heavy (non-hydrogen) atoms. The van der Waals surface area contributed by atoms with E-state index in [9.17, 15) is 26.4 Å². The van der Waals surface area contributed by atoms with E-state index in [-0.39, 0.29) is 48.1 Å². The quantitative estimate of drug-likeness (QED) is 0.330. The Morgan fingerprint density at radius 1 is 0.927 bits per heavy atom. The Labute approximate surface area is 242 Å². The minimum Gasteiger partial charge on any atom is -0.450 e. The fraction of sp³-hybridized carbons (Fsp3) is 0.423. The molecule has 2 amide bonds. The minimum absolute atomic E-state index is 0.0283. The van der Waals surface area contributed by atoms with Gasteiger partial charge in [-0.1, -0.05) is 11.3 Å². The lowest BCUT2D eigenvalue weighted by Gasteiger charge is -2.33. The molecule has 1 aliphatic rings. The molecular formula is C26H32N4O8S3. The van der Waals surface area contributed by atoms with Crippen LogP contribution in [0.15, 0.2) is 57.2 Å². The van der Waals surface area contributed by atoms with Crippen molar-refractivity contribution in [2.24, 2.45) is 4.99 Å². The van der Waals surface area contributed by atoms with E-state index in [1.54, 1.807) is 23.6 Å². The van der Waals surface area contributed by atoms with Crippen LogP contribution >= 0.6 is 11.3 Å². The molecule has 3 aromatic rings. The Balaban J connectivity index is 1.57. The number of carbonyl (C=O) groups excluding carboxylic acids is 2. The first-order valence-corrected chi connectivity index (χ1v) is 17.1. The van der Waals surface area contributed by atoms with E-state index in [1.807, 2.05) is 6.92 Å². The van der Waals surface area contributed by atoms with E-state index in [1.165, 1.54) is 50.9 Å². The summed E-state index contributed by atoms with van der Waals surface area (Å²) < 4.78 is 64.6. The van der Waals surface area contributed by atoms with E-state index in [2.05, 4.69) is 4.99 Å². The molecule has 0 spiro atoms. The van der Waals surface area contributed by atoms with Crippen molar-refractivity contribution < 1.29 is 35.9 Å². The first-order chi connectivity index (χ1) is 19.5. The van der Waals surface area contributed by atoms with Crippen LogP contribution in [-0.4, -0.2) is 94.9 Å². The predicted molar refractivity (Wildman–Crippen MR) is 153 cm³/mol. The summed E-state index contributed by atoms with van der Waals surface area (Å²) in [5.41, 5.74) is 0.917. The highest BCUT2D eigenvalue weighted by atomic mass is 32.2. The van der Waals surface area contributed by atoms with Gasteiger partial charge in [-0.15, -0.1) is 0 Å². The molecule has 1 saturated heterocycles. The summed E-state index contributed by atoms with van der Waals surface area (Å²) in [6, 6.07) is 10.3. The number of benzene rings is 2. The van der Waals surface area contributed by atoms with Gasteiger partial charge < -0.3 is 18.9 Å². The fourth-order valence-corrected chi connectivity index (χ4v) is 7.52. The van der Waals surface area contributed by atoms with Crippen molar-refractivity contribution in [1.29, 1.82) is 0 Å². The summed E-state index contributed by atoms with van der Waals surface area (Å²) in [6.07, 6.45) is 0.664. The van der Waals surface area contributed by atoms with Gasteiger partial charge in [0.1, 0.15) is 0 Å². The van der Waals surface area contributed by atoms with Crippen molar-refractivity contribution in [3.63, 3.8) is 0 Å². The highest BCUT2D eigenvalue weighted by Gasteiger charge is 2.30. The highest BCUT2D eigenvalue weighted by Crippen LogP contribution is 2.23. The summed E-state index contributed by atoms with van der Waals surface area (Å²) in [7, 11) is -7.25. The SMILES string of the molecule is CCOCCn1c(=NC(=O)c2ccc(S(=O)(=O)N3CCN(C(=O)OCC)CC3)cc2)sc2cc(S(C)(=O)=O)ccc21. The van der Waals surface area contributed by atoms with E-state index in [0.717, 1.165) is 11.8 Å². The number of sulfone groups is 1. The molecule has 0 bridgehead atoms. The molecule has 12 nitrogen and oxygen atoms in total. The van der Waals surface area contributed by atoms with Crippen molar-refractivity contribution >= 4 is 53.4 Å². The minimum atomic E-state index is -3.83. The highest BCUT2D eigenvalue weighted by molar-refractivity contribution is 7.90. The second-order valence-electron chi connectivity index (χ2n) is 9.17. The number of rotatable bonds is 9. The lowest BCUT2D eigenvalue weighted by Crippen LogP contribution is -2.50. The molecule has 2 aromatic carbocycles. The van der Waals surface area contributed by atoms with Crippen LogP contribution in [0.2, 0.25) is 0 Å². The zero-order valence-corrected chi connectivity index (χ0v) is 25.4. The number of carbonyl (C=O) groups is 2. The van der Waals surface area contributed by atoms with Gasteiger partial charge in [-0.3, -0.25) is 4.79 Å². The molecule has 0 unspecified atom stereocenters. The molecule has 0 radical (unpaired) electrons. The third kappa shape index (κ3) is 7.04. The first kappa shape index (κ1) is 30.8. The monoisotopic (exact) mass is 624 g/mol. The number of hydrogen-bond acceptors (Lipinski definition) is 9. The van der Waals surface area contributed by atoms with Gasteiger partial charge in [0.2, 0.25) is 10.0 Å². The van der Waals surface area contributed by atoms with E-state index in [0.29, 0.717) is 29.3 Å². The summed E-state index contributed by atoms with van der Waals surface area (Å²) >= 11 is 1.18. The molecule has 0 N–H and O–H groups in total. The molecule has 1 aliphatic heterocycles. The Kier molecular flexibility index (Phi) is 9.64. The Bertz CT molecular complexity index is 1700. The number of thiazole rings is 1. The lowest BCUT2D eigenvalue weighted by atomic mass is 10.2. The van der Waals surface area contributed by atoms with Gasteiger partial charge in [-0.25, -0.2) is 21.6 Å². The standard InChI is InChI=1S/C26H32N4O8S3/c1-4-37-17-16-30-22-11-10-21(40(3,33)34)18-23(22)39-25(30)27-24(31)19-6-8-20(9-7-19)41(35,36)29-14-12-28(13-15-29)26(32)38-5-2/h6-11,18H,4-5,12-17H2,1-3H3. The van der Waals surface area contributed by atoms with Crippen molar-refractivity contribution in [3.05, 3.63) is 52.8 Å². The van der Waals surface area contributed by atoms with Gasteiger partial charge in [0.15, 0.2) is 14.6 Å². The Hall–Kier alpha value is -3.11. The summed E-state index contributed by atoms with van der Waals surface area (Å²) in [5.74, 6) is -0.572. The molecule has 222 valence electrons. The fourth-order valence-electron chi connectivity index (χ4n) is 4.28. The smallest absolute Gasteiger partial charge is 0.409 e. The van der Waals surface area contributed by atoms with Crippen LogP contribution in [0.5, 0.6) is 0 Å². The van der Waals surface area contributed by atoms with Crippen molar-refractivity contribution in [2.75, 3.05) is 52.3 Å². The van der Waals surface area contributed by atoms with Crippen LogP contribution in [0.4, 0.5) is 4.79 Å². The Morgan fingerprint density at radius 3 is 2.20 bits per heavy atom. The van der Waals surface area contributed by atoms with Crippen LogP contribution in [0.3, 0.4) is 0 Å². The maximum Gasteiger partial charge on any atom is 0.409 e. The zero-order valence-electron chi connectivity index (χ0n) is 23.0. The zero-order chi connectivity index (χ0) is 29.8. The molecule has 0 aliphatic carbocycles. The van der Waals surface area contributed by atoms with Crippen LogP contribution < -0.4 is 4.80 Å². The largest absolute Gasteiger partial charge is 0.450 e. The summed E-state index contributed by atoms with van der Waals surface area (Å²) in [4.78, 5) is 31.3. The normalized spacial score (nSPS) is 15.4. The lowest BCUT2D eigenvalue weighted by molar-refractivity contribution is 0.0933. The van der Waals surface area contributed by atoms with Crippen LogP contribution in [0.1, 0.15) is 24.2 Å². The van der Waals surface area contributed by atoms with E-state index in [4.69, 9.17) is 9.47 Å². The van der Waals surface area contributed by atoms with Crippen molar-refractivity contribution in [1.82, 2.24) is 13.8 Å². The van der Waals surface area contributed by atoms with Crippen LogP contribution in [0.25, 0.3) is 10.2 Å². The number of aromatic nitrogens is 1. The second kappa shape index (κ2) is 12.8. The molecular weight excluding hydrogens is 593 g/mol. The molecule has 0 atom stereocenters. The molecule has 1 aromatic heterocycles. The van der Waals surface area contributed by atoms with Crippen LogP contribution in [0, 0.1) is 0 Å². The number of ether oxygens (including phenoxy) is 2. The van der Waals surface area contributed by atoms with Gasteiger partial charge in [-0.05, 0) is 56.3 Å². The van der Waals surface area contributed by atoms with Crippen molar-refractivity contribution in [2.45, 2.75) is 30.2 Å². The van der Waals surface area contributed by atoms with Gasteiger partial charge in [0, 0.05) is 51.1 Å². The topological polar surface area (TPSA) is 145 Å². The summed E-state index contributed by atoms with van der Waals surface area (Å²) in [5, 5.41) is 0. The number of fused-ring (bicyclic) bond motifs is 1. The second-order valence-corrected chi connectivity index (χ2v) is 14.1. The molecule has 4 rings (SSSR count). The number of sulfonamides is 1. The molecule has 1 fully saturated rings. The van der Waals surface area contributed by atoms with Gasteiger partial charge >= 0.3 is 6.09 Å². The number of amides is 2. The third-order valence-electron chi connectivity index (χ3n) is 6.45. The van der Waals surface area contributed by atoms with Gasteiger partial charge in [0.25, 0.3) is 5.91 Å². The van der Waals surface area contributed by atoms with Gasteiger partial charge in [0.05, 0.1) is 33.2 Å². The average molecular weight is 625 g/mol. The maximum atomic E-state index is 13.2. The first-order valence-electron chi connectivity index (χ1n) is 13.0. The summed E-state index contributed by atoms with van der Waals surface area (Å²) in [6.45, 7) is 5.82. The maximum absolute atomic E-state index is 13.2. The molecule has 2 heterocycles. The molecule has 15 heteroatoms. The molecule has 0 saturated carbocycles.